The van der Waals surface area contributed by atoms with Crippen molar-refractivity contribution in [2.75, 3.05) is 26.4 Å². The molecule has 0 spiro atoms. The van der Waals surface area contributed by atoms with Gasteiger partial charge in [-0.2, -0.15) is 0 Å². The molecule has 4 aliphatic heterocycles. The first-order chi connectivity index (χ1) is 34.1. The molecule has 8 rings (SSSR count). The maximum atomic E-state index is 11.6. The van der Waals surface area contributed by atoms with Crippen LogP contribution in [0.2, 0.25) is 0 Å². The van der Waals surface area contributed by atoms with Crippen molar-refractivity contribution in [3.63, 3.8) is 0 Å². The third kappa shape index (κ3) is 16.4. The standard InChI is InChI=1S/4C10H14N2O5.H3O3PS/c4*1-5-3-12(10(16)11-9(5)15)8-2-6(14)7(4-13)17-8;1-4(2,3)5/h4*3,6-8,13-14H,2,4H2,1H3,(H,11,15,16);(H3,1,2,3,5)/t4*6-,7+,8+;/m0000./s1. The van der Waals surface area contributed by atoms with Crippen LogP contribution in [-0.4, -0.2) is 164 Å². The number of thiol groups is 1. The number of aromatic nitrogens is 8. The highest BCUT2D eigenvalue weighted by Gasteiger charge is 2.38. The molecule has 0 saturated carbocycles. The molecule has 14 N–H and O–H groups in total. The Morgan fingerprint density at radius 2 is 0.616 bits per heavy atom. The van der Waals surface area contributed by atoms with Crippen molar-refractivity contribution in [1.29, 1.82) is 0 Å². The van der Waals surface area contributed by atoms with Crippen LogP contribution in [-0.2, 0) is 23.5 Å². The van der Waals surface area contributed by atoms with Crippen molar-refractivity contribution >= 4 is 19.0 Å². The number of rotatable bonds is 8. The summed E-state index contributed by atoms with van der Waals surface area (Å²) in [4.78, 5) is 115. The maximum Gasteiger partial charge on any atom is 0.380 e. The number of aliphatic hydroxyl groups excluding tert-OH is 8. The van der Waals surface area contributed by atoms with Gasteiger partial charge in [0, 0.05) is 72.7 Å². The Bertz CT molecular complexity index is 2640. The van der Waals surface area contributed by atoms with Gasteiger partial charge in [0.1, 0.15) is 49.3 Å². The number of ether oxygens (including phenoxy) is 4. The summed E-state index contributed by atoms with van der Waals surface area (Å²) >= 11 is 2.79. The van der Waals surface area contributed by atoms with Gasteiger partial charge < -0.3 is 69.6 Å². The van der Waals surface area contributed by atoms with E-state index in [0.717, 1.165) is 0 Å². The quantitative estimate of drug-likeness (QED) is 0.0577. The molecule has 4 aromatic heterocycles. The van der Waals surface area contributed by atoms with Crippen molar-refractivity contribution < 1.29 is 74.2 Å². The van der Waals surface area contributed by atoms with E-state index in [1.165, 1.54) is 43.1 Å². The van der Waals surface area contributed by atoms with E-state index in [9.17, 15) is 63.3 Å². The average molecular weight is 1080 g/mol. The van der Waals surface area contributed by atoms with E-state index < -0.39 is 126 Å². The van der Waals surface area contributed by atoms with Crippen LogP contribution in [0.15, 0.2) is 63.1 Å². The minimum absolute atomic E-state index is 0.205. The van der Waals surface area contributed by atoms with Crippen molar-refractivity contribution in [2.45, 2.75) is 127 Å². The van der Waals surface area contributed by atoms with Crippen molar-refractivity contribution in [2.24, 2.45) is 0 Å². The number of nitrogens with zero attached hydrogens (tertiary/aromatic N) is 4. The molecular weight excluding hydrogens is 1020 g/mol. The second-order valence-corrected chi connectivity index (χ2v) is 19.5. The third-order valence-corrected chi connectivity index (χ3v) is 11.4. The van der Waals surface area contributed by atoms with E-state index in [4.69, 9.17) is 49.2 Å². The molecule has 0 amide bonds. The van der Waals surface area contributed by atoms with Gasteiger partial charge in [-0.25, -0.2) is 23.7 Å². The summed E-state index contributed by atoms with van der Waals surface area (Å²) in [6.07, 6.45) is -2.32. The monoisotopic (exact) mass is 1080 g/mol. The average Bonchev–Trinajstić information content (AvgIpc) is 4.10. The lowest BCUT2D eigenvalue weighted by Crippen LogP contribution is -2.33. The highest BCUT2D eigenvalue weighted by molar-refractivity contribution is 8.43. The zero-order chi connectivity index (χ0) is 54.8. The first-order valence-electron chi connectivity index (χ1n) is 21.9. The lowest BCUT2D eigenvalue weighted by Gasteiger charge is -2.14. The van der Waals surface area contributed by atoms with Crippen LogP contribution >= 0.6 is 19.0 Å². The van der Waals surface area contributed by atoms with E-state index in [0.29, 0.717) is 22.3 Å². The molecule has 4 saturated heterocycles. The van der Waals surface area contributed by atoms with Gasteiger partial charge in [-0.3, -0.25) is 57.4 Å². The Labute approximate surface area is 414 Å². The molecular formula is C40H59N8O23PS. The molecule has 0 unspecified atom stereocenters. The van der Waals surface area contributed by atoms with Gasteiger partial charge in [0.15, 0.2) is 0 Å². The van der Waals surface area contributed by atoms with Crippen LogP contribution in [0.4, 0.5) is 0 Å². The number of H-pyrrole nitrogens is 4. The lowest BCUT2D eigenvalue weighted by atomic mass is 10.2. The van der Waals surface area contributed by atoms with Gasteiger partial charge in [-0.1, -0.05) is 12.2 Å². The summed E-state index contributed by atoms with van der Waals surface area (Å²) in [5.41, 5.74) is -2.57. The smallest absolute Gasteiger partial charge is 0.380 e. The molecule has 73 heavy (non-hydrogen) atoms. The minimum Gasteiger partial charge on any atom is -0.394 e. The molecule has 31 nitrogen and oxygen atoms in total. The Balaban J connectivity index is 0.000000204. The highest BCUT2D eigenvalue weighted by Crippen LogP contribution is 2.39. The second-order valence-electron chi connectivity index (χ2n) is 16.9. The fraction of sp³-hybridized carbons (Fsp3) is 0.600. The summed E-state index contributed by atoms with van der Waals surface area (Å²) in [7, 11) is 0. The van der Waals surface area contributed by atoms with Crippen LogP contribution in [0.25, 0.3) is 0 Å². The molecule has 408 valence electrons. The van der Waals surface area contributed by atoms with Gasteiger partial charge in [-0.05, 0) is 27.7 Å². The van der Waals surface area contributed by atoms with Gasteiger partial charge in [0.2, 0.25) is 0 Å². The van der Waals surface area contributed by atoms with Crippen molar-refractivity contribution in [3.05, 3.63) is 130 Å². The molecule has 8 heterocycles. The van der Waals surface area contributed by atoms with Gasteiger partial charge in [0.25, 0.3) is 22.2 Å². The van der Waals surface area contributed by atoms with E-state index in [1.807, 2.05) is 0 Å². The number of nitrogens with one attached hydrogen (secondary N) is 4. The Morgan fingerprint density at radius 1 is 0.452 bits per heavy atom. The third-order valence-electron chi connectivity index (χ3n) is 11.4. The minimum atomic E-state index is -3.94. The van der Waals surface area contributed by atoms with E-state index in [2.05, 4.69) is 32.2 Å². The SMILES string of the molecule is Cc1cn([C@H]2C[C@H](O)[C@@H](CO)O2)c(=O)[nH]c1=O.Cc1cn([C@H]2C[C@H](O)[C@@H](CO)O2)c(=O)[nH]c1=O.Cc1cn([C@H]2C[C@H](O)[C@@H](CO)O2)c(=O)[nH]c1=O.Cc1cn([C@H]2C[C@H](O)[C@@H](CO)O2)c(=O)[nH]c1=O.O=P(O)(O)S. The highest BCUT2D eigenvalue weighted by atomic mass is 32.7. The normalized spacial score (nSPS) is 27.4. The van der Waals surface area contributed by atoms with Crippen LogP contribution in [0.3, 0.4) is 0 Å². The van der Waals surface area contributed by atoms with Crippen molar-refractivity contribution in [1.82, 2.24) is 38.2 Å². The molecule has 4 aliphatic rings. The number of hydrogen-bond donors (Lipinski definition) is 15. The predicted molar refractivity (Wildman–Crippen MR) is 252 cm³/mol. The van der Waals surface area contributed by atoms with Gasteiger partial charge >= 0.3 is 29.6 Å². The fourth-order valence-electron chi connectivity index (χ4n) is 7.40. The number of aliphatic hydroxyl groups is 8. The second kappa shape index (κ2) is 26.3. The number of aryl methyl sites for hydroxylation is 4. The molecule has 33 heteroatoms. The predicted octanol–water partition coefficient (Wildman–Crippen LogP) is -6.05. The molecule has 4 fully saturated rings. The number of hydrogen-bond acceptors (Lipinski definition) is 21. The molecule has 0 aromatic carbocycles. The molecule has 0 radical (unpaired) electrons. The fourth-order valence-corrected chi connectivity index (χ4v) is 7.40. The van der Waals surface area contributed by atoms with Crippen molar-refractivity contribution in [3.8, 4) is 0 Å². The van der Waals surface area contributed by atoms with E-state index >= 15 is 0 Å². The summed E-state index contributed by atoms with van der Waals surface area (Å²) < 4.78 is 35.4. The lowest BCUT2D eigenvalue weighted by molar-refractivity contribution is -0.0459. The maximum absolute atomic E-state index is 11.6. The van der Waals surface area contributed by atoms with Gasteiger partial charge in [-0.15, -0.1) is 0 Å². The zero-order valence-electron chi connectivity index (χ0n) is 39.4. The molecule has 0 bridgehead atoms. The largest absolute Gasteiger partial charge is 0.394 e. The molecule has 4 aromatic rings. The van der Waals surface area contributed by atoms with Crippen LogP contribution in [0.1, 0.15) is 72.8 Å². The van der Waals surface area contributed by atoms with E-state index in [-0.39, 0.29) is 52.1 Å². The van der Waals surface area contributed by atoms with Crippen LogP contribution in [0.5, 0.6) is 0 Å². The summed E-state index contributed by atoms with van der Waals surface area (Å²) in [6.45, 7) is 1.10. The summed E-state index contributed by atoms with van der Waals surface area (Å²) in [5.74, 6) is 0. The first kappa shape index (κ1) is 60.3. The zero-order valence-corrected chi connectivity index (χ0v) is 41.1. The Kier molecular flexibility index (Phi) is 21.7. The van der Waals surface area contributed by atoms with Crippen LogP contribution in [0, 0.1) is 27.7 Å². The van der Waals surface area contributed by atoms with Crippen LogP contribution < -0.4 is 45.0 Å². The molecule has 0 aliphatic carbocycles. The first-order valence-corrected chi connectivity index (χ1v) is 24.7. The van der Waals surface area contributed by atoms with Gasteiger partial charge in [0.05, 0.1) is 50.8 Å². The number of aromatic amines is 4. The summed E-state index contributed by atoms with van der Waals surface area (Å²) in [6, 6.07) is 0. The van der Waals surface area contributed by atoms with E-state index in [1.54, 1.807) is 27.7 Å². The Hall–Kier alpha value is -5.26. The summed E-state index contributed by atoms with van der Waals surface area (Å²) in [5, 5.41) is 74.0. The topological polar surface area (TPSA) is 476 Å². The Morgan fingerprint density at radius 3 is 0.753 bits per heavy atom. The molecule has 12 atom stereocenters.